The first-order valence-corrected chi connectivity index (χ1v) is 7.80. The van der Waals surface area contributed by atoms with Crippen LogP contribution in [0.15, 0.2) is 11.6 Å². The van der Waals surface area contributed by atoms with Gasteiger partial charge in [-0.05, 0) is 34.0 Å². The quantitative estimate of drug-likeness (QED) is 0.888. The van der Waals surface area contributed by atoms with Crippen molar-refractivity contribution in [3.05, 3.63) is 16.6 Å². The fraction of sp³-hybridized carbons (Fsp3) is 0.786. The first-order chi connectivity index (χ1) is 8.69. The molecule has 1 heterocycles. The van der Waals surface area contributed by atoms with E-state index in [0.29, 0.717) is 11.6 Å². The van der Waals surface area contributed by atoms with Crippen molar-refractivity contribution >= 4 is 11.3 Å². The number of aromatic nitrogens is 1. The van der Waals surface area contributed by atoms with Crippen molar-refractivity contribution in [3.8, 4) is 0 Å². The minimum Gasteiger partial charge on any atom is -0.315 e. The minimum absolute atomic E-state index is 0.304. The molecule has 1 fully saturated rings. The van der Waals surface area contributed by atoms with E-state index in [0.717, 1.165) is 6.42 Å². The predicted octanol–water partition coefficient (Wildman–Crippen LogP) is 2.54. The molecule has 0 radical (unpaired) electrons. The largest absolute Gasteiger partial charge is 0.315 e. The van der Waals surface area contributed by atoms with Gasteiger partial charge in [0, 0.05) is 29.6 Å². The average Bonchev–Trinajstić information content (AvgIpc) is 2.89. The number of rotatable bonds is 5. The van der Waals surface area contributed by atoms with Crippen molar-refractivity contribution in [2.75, 3.05) is 21.1 Å². The van der Waals surface area contributed by atoms with E-state index in [9.17, 15) is 0 Å². The van der Waals surface area contributed by atoms with Gasteiger partial charge in [0.2, 0.25) is 0 Å². The summed E-state index contributed by atoms with van der Waals surface area (Å²) in [6, 6.07) is 0.499. The van der Waals surface area contributed by atoms with Crippen LogP contribution in [0.25, 0.3) is 0 Å². The van der Waals surface area contributed by atoms with Gasteiger partial charge in [0.15, 0.2) is 0 Å². The van der Waals surface area contributed by atoms with Gasteiger partial charge < -0.3 is 10.2 Å². The van der Waals surface area contributed by atoms with Crippen molar-refractivity contribution < 1.29 is 0 Å². The Hall–Kier alpha value is -0.450. The second-order valence-electron chi connectivity index (χ2n) is 5.53. The van der Waals surface area contributed by atoms with Crippen molar-refractivity contribution in [2.24, 2.45) is 0 Å². The van der Waals surface area contributed by atoms with E-state index in [-0.39, 0.29) is 0 Å². The van der Waals surface area contributed by atoms with Crippen LogP contribution in [-0.2, 0) is 6.42 Å². The van der Waals surface area contributed by atoms with Crippen molar-refractivity contribution in [1.29, 1.82) is 0 Å². The minimum atomic E-state index is 0.304. The maximum atomic E-state index is 4.45. The lowest BCUT2D eigenvalue weighted by atomic mass is 9.74. The number of likely N-dealkylation sites (N-methyl/N-ethyl adjacent to an activating group) is 2. The molecule has 0 aromatic carbocycles. The van der Waals surface area contributed by atoms with Gasteiger partial charge in [0.1, 0.15) is 0 Å². The maximum absolute atomic E-state index is 4.45. The highest BCUT2D eigenvalue weighted by Gasteiger charge is 2.41. The molecule has 3 nitrogen and oxygen atoms in total. The molecule has 18 heavy (non-hydrogen) atoms. The van der Waals surface area contributed by atoms with Gasteiger partial charge in [-0.25, -0.2) is 4.98 Å². The summed E-state index contributed by atoms with van der Waals surface area (Å²) in [5, 5.41) is 6.88. The summed E-state index contributed by atoms with van der Waals surface area (Å²) >= 11 is 1.77. The molecule has 1 saturated carbocycles. The summed E-state index contributed by atoms with van der Waals surface area (Å²) in [5.41, 5.74) is 0.304. The molecule has 0 spiro atoms. The lowest BCUT2D eigenvalue weighted by Gasteiger charge is -2.48. The van der Waals surface area contributed by atoms with E-state index in [4.69, 9.17) is 0 Å². The zero-order valence-corrected chi connectivity index (χ0v) is 12.6. The monoisotopic (exact) mass is 267 g/mol. The van der Waals surface area contributed by atoms with Crippen LogP contribution in [0.1, 0.15) is 37.1 Å². The summed E-state index contributed by atoms with van der Waals surface area (Å²) in [6.07, 6.45) is 9.67. The first-order valence-electron chi connectivity index (χ1n) is 6.92. The average molecular weight is 267 g/mol. The van der Waals surface area contributed by atoms with Crippen LogP contribution in [0.4, 0.5) is 0 Å². The molecule has 0 amide bonds. The number of nitrogens with one attached hydrogen (secondary N) is 1. The van der Waals surface area contributed by atoms with Crippen molar-refractivity contribution in [3.63, 3.8) is 0 Å². The SMILES string of the molecule is CNC(Cc1nccs1)C1(N(C)C)CCCCC1. The van der Waals surface area contributed by atoms with E-state index < -0.39 is 0 Å². The molecule has 1 aliphatic rings. The van der Waals surface area contributed by atoms with E-state index in [1.807, 2.05) is 6.20 Å². The Labute approximate surface area is 115 Å². The van der Waals surface area contributed by atoms with Crippen LogP contribution in [0, 0.1) is 0 Å². The smallest absolute Gasteiger partial charge is 0.0941 e. The fourth-order valence-corrected chi connectivity index (χ4v) is 4.02. The lowest BCUT2D eigenvalue weighted by molar-refractivity contribution is 0.0598. The molecule has 4 heteroatoms. The zero-order valence-electron chi connectivity index (χ0n) is 11.8. The normalized spacial score (nSPS) is 21.1. The number of thiazole rings is 1. The molecule has 2 rings (SSSR count). The van der Waals surface area contributed by atoms with Gasteiger partial charge in [-0.1, -0.05) is 19.3 Å². The van der Waals surface area contributed by atoms with E-state index in [1.165, 1.54) is 37.1 Å². The van der Waals surface area contributed by atoms with Gasteiger partial charge in [-0.15, -0.1) is 11.3 Å². The second-order valence-corrected chi connectivity index (χ2v) is 6.51. The molecule has 1 aromatic rings. The Bertz CT molecular complexity index is 342. The number of hydrogen-bond donors (Lipinski definition) is 1. The topological polar surface area (TPSA) is 28.2 Å². The number of nitrogens with zero attached hydrogens (tertiary/aromatic N) is 2. The van der Waals surface area contributed by atoms with Crippen LogP contribution in [0.3, 0.4) is 0 Å². The molecule has 0 saturated heterocycles. The molecular formula is C14H25N3S. The third kappa shape index (κ3) is 2.76. The van der Waals surface area contributed by atoms with Gasteiger partial charge in [-0.3, -0.25) is 0 Å². The fourth-order valence-electron chi connectivity index (χ4n) is 3.36. The van der Waals surface area contributed by atoms with Crippen LogP contribution in [0.2, 0.25) is 0 Å². The highest BCUT2D eigenvalue weighted by Crippen LogP contribution is 2.36. The molecule has 1 N–H and O–H groups in total. The molecule has 102 valence electrons. The van der Waals surface area contributed by atoms with Gasteiger partial charge in [-0.2, -0.15) is 0 Å². The predicted molar refractivity (Wildman–Crippen MR) is 78.2 cm³/mol. The summed E-state index contributed by atoms with van der Waals surface area (Å²) < 4.78 is 0. The van der Waals surface area contributed by atoms with E-state index in [1.54, 1.807) is 11.3 Å². The summed E-state index contributed by atoms with van der Waals surface area (Å²) in [7, 11) is 6.56. The summed E-state index contributed by atoms with van der Waals surface area (Å²) in [5.74, 6) is 0. The molecular weight excluding hydrogens is 242 g/mol. The van der Waals surface area contributed by atoms with E-state index >= 15 is 0 Å². The Morgan fingerprint density at radius 3 is 2.61 bits per heavy atom. The lowest BCUT2D eigenvalue weighted by Crippen LogP contribution is -2.60. The zero-order chi connectivity index (χ0) is 13.0. The summed E-state index contributed by atoms with van der Waals surface area (Å²) in [4.78, 5) is 6.89. The Morgan fingerprint density at radius 1 is 1.39 bits per heavy atom. The van der Waals surface area contributed by atoms with Gasteiger partial charge in [0.05, 0.1) is 5.01 Å². The first kappa shape index (κ1) is 14.0. The molecule has 1 atom stereocenters. The third-order valence-corrected chi connectivity index (χ3v) is 5.27. The Kier molecular flexibility index (Phi) is 4.76. The van der Waals surface area contributed by atoms with Crippen molar-refractivity contribution in [2.45, 2.75) is 50.1 Å². The number of hydrogen-bond acceptors (Lipinski definition) is 4. The van der Waals surface area contributed by atoms with Crippen LogP contribution < -0.4 is 5.32 Å². The van der Waals surface area contributed by atoms with E-state index in [2.05, 4.69) is 41.7 Å². The molecule has 0 bridgehead atoms. The molecule has 0 aliphatic heterocycles. The molecule has 1 unspecified atom stereocenters. The second kappa shape index (κ2) is 6.13. The Balaban J connectivity index is 2.16. The van der Waals surface area contributed by atoms with Gasteiger partial charge >= 0.3 is 0 Å². The van der Waals surface area contributed by atoms with Gasteiger partial charge in [0.25, 0.3) is 0 Å². The van der Waals surface area contributed by atoms with Crippen LogP contribution in [0.5, 0.6) is 0 Å². The summed E-state index contributed by atoms with van der Waals surface area (Å²) in [6.45, 7) is 0. The standard InChI is InChI=1S/C14H25N3S/c1-15-12(11-13-16-9-10-18-13)14(17(2)3)7-5-4-6-8-14/h9-10,12,15H,4-8,11H2,1-3H3. The third-order valence-electron chi connectivity index (χ3n) is 4.47. The molecule has 1 aliphatic carbocycles. The highest BCUT2D eigenvalue weighted by molar-refractivity contribution is 7.09. The van der Waals surface area contributed by atoms with Crippen LogP contribution >= 0.6 is 11.3 Å². The van der Waals surface area contributed by atoms with Crippen molar-refractivity contribution in [1.82, 2.24) is 15.2 Å². The van der Waals surface area contributed by atoms with Crippen LogP contribution in [-0.4, -0.2) is 42.6 Å². The maximum Gasteiger partial charge on any atom is 0.0941 e. The Morgan fingerprint density at radius 2 is 2.11 bits per heavy atom. The highest BCUT2D eigenvalue weighted by atomic mass is 32.1. The molecule has 1 aromatic heterocycles.